The quantitative estimate of drug-likeness (QED) is 0.376. The number of hydrogen-bond donors (Lipinski definition) is 2. The number of rotatable bonds is 7. The number of nitrogens with one attached hydrogen (secondary N) is 1. The molecule has 7 nitrogen and oxygen atoms in total. The predicted octanol–water partition coefficient (Wildman–Crippen LogP) is 2.57. The van der Waals surface area contributed by atoms with E-state index in [1.807, 2.05) is 44.6 Å². The van der Waals surface area contributed by atoms with E-state index in [4.69, 9.17) is 5.21 Å². The zero-order chi connectivity index (χ0) is 19.9. The first-order chi connectivity index (χ1) is 13.5. The minimum atomic E-state index is -0.567. The average Bonchev–Trinajstić information content (AvgIpc) is 3.15. The molecule has 0 atom stereocenters. The fourth-order valence-corrected chi connectivity index (χ4v) is 2.85. The topological polar surface area (TPSA) is 83.3 Å². The Labute approximate surface area is 163 Å². The van der Waals surface area contributed by atoms with Crippen LogP contribution in [0.1, 0.15) is 16.7 Å². The van der Waals surface area contributed by atoms with Gasteiger partial charge in [-0.25, -0.2) is 10.2 Å². The highest BCUT2D eigenvalue weighted by Gasteiger charge is 2.05. The SMILES string of the molecule is CN(C)Cc1ccc(-c2cn(Cc3cccc(C=CC(=O)NO)c3)nn2)cc1. The molecule has 3 rings (SSSR count). The Morgan fingerprint density at radius 1 is 1.18 bits per heavy atom. The van der Waals surface area contributed by atoms with Gasteiger partial charge in [-0.05, 0) is 42.9 Å². The van der Waals surface area contributed by atoms with E-state index in [9.17, 15) is 4.79 Å². The molecule has 28 heavy (non-hydrogen) atoms. The molecule has 2 N–H and O–H groups in total. The Balaban J connectivity index is 1.69. The maximum atomic E-state index is 11.1. The van der Waals surface area contributed by atoms with Crippen molar-refractivity contribution in [1.29, 1.82) is 0 Å². The van der Waals surface area contributed by atoms with Gasteiger partial charge < -0.3 is 4.90 Å². The summed E-state index contributed by atoms with van der Waals surface area (Å²) in [6.45, 7) is 1.47. The van der Waals surface area contributed by atoms with E-state index < -0.39 is 5.91 Å². The van der Waals surface area contributed by atoms with Gasteiger partial charge in [-0.3, -0.25) is 10.0 Å². The average molecular weight is 377 g/mol. The second kappa shape index (κ2) is 9.07. The van der Waals surface area contributed by atoms with Crippen molar-refractivity contribution in [2.45, 2.75) is 13.1 Å². The van der Waals surface area contributed by atoms with E-state index in [0.717, 1.165) is 28.9 Å². The highest BCUT2D eigenvalue weighted by molar-refractivity contribution is 5.90. The lowest BCUT2D eigenvalue weighted by atomic mass is 10.1. The summed E-state index contributed by atoms with van der Waals surface area (Å²) in [4.78, 5) is 13.2. The van der Waals surface area contributed by atoms with Crippen LogP contribution in [0.4, 0.5) is 0 Å². The van der Waals surface area contributed by atoms with Gasteiger partial charge in [-0.2, -0.15) is 0 Å². The fraction of sp³-hybridized carbons (Fsp3) is 0.190. The van der Waals surface area contributed by atoms with Crippen LogP contribution in [0.25, 0.3) is 17.3 Å². The summed E-state index contributed by atoms with van der Waals surface area (Å²) in [5, 5.41) is 17.0. The van der Waals surface area contributed by atoms with Crippen LogP contribution < -0.4 is 5.48 Å². The monoisotopic (exact) mass is 377 g/mol. The zero-order valence-corrected chi connectivity index (χ0v) is 15.9. The molecule has 0 bridgehead atoms. The Hall–Kier alpha value is -3.29. The number of carbonyl (C=O) groups excluding carboxylic acids is 1. The van der Waals surface area contributed by atoms with Crippen LogP contribution in [0.5, 0.6) is 0 Å². The van der Waals surface area contributed by atoms with Crippen molar-refractivity contribution in [3.63, 3.8) is 0 Å². The summed E-state index contributed by atoms with van der Waals surface area (Å²) in [6.07, 6.45) is 4.83. The first-order valence-corrected chi connectivity index (χ1v) is 8.89. The third-order valence-electron chi connectivity index (χ3n) is 4.12. The number of benzene rings is 2. The van der Waals surface area contributed by atoms with Gasteiger partial charge >= 0.3 is 0 Å². The molecule has 0 aliphatic heterocycles. The van der Waals surface area contributed by atoms with Crippen LogP contribution in [0.15, 0.2) is 60.8 Å². The molecule has 7 heteroatoms. The molecule has 3 aromatic rings. The third-order valence-corrected chi connectivity index (χ3v) is 4.12. The normalized spacial score (nSPS) is 11.3. The largest absolute Gasteiger partial charge is 0.305 e. The van der Waals surface area contributed by atoms with Crippen molar-refractivity contribution in [3.8, 4) is 11.3 Å². The molecule has 0 spiro atoms. The summed E-state index contributed by atoms with van der Waals surface area (Å²) in [7, 11) is 4.09. The summed E-state index contributed by atoms with van der Waals surface area (Å²) in [5.74, 6) is -0.567. The van der Waals surface area contributed by atoms with Gasteiger partial charge in [0, 0.05) is 18.2 Å². The second-order valence-corrected chi connectivity index (χ2v) is 6.79. The van der Waals surface area contributed by atoms with Crippen molar-refractivity contribution in [2.24, 2.45) is 0 Å². The van der Waals surface area contributed by atoms with E-state index in [1.165, 1.54) is 11.6 Å². The van der Waals surface area contributed by atoms with Gasteiger partial charge in [-0.1, -0.05) is 47.7 Å². The summed E-state index contributed by atoms with van der Waals surface area (Å²) < 4.78 is 1.78. The Kier molecular flexibility index (Phi) is 6.31. The highest BCUT2D eigenvalue weighted by Crippen LogP contribution is 2.18. The molecule has 0 saturated carbocycles. The lowest BCUT2D eigenvalue weighted by molar-refractivity contribution is -0.124. The van der Waals surface area contributed by atoms with Crippen molar-refractivity contribution in [2.75, 3.05) is 14.1 Å². The van der Waals surface area contributed by atoms with E-state index in [-0.39, 0.29) is 0 Å². The Morgan fingerprint density at radius 2 is 1.96 bits per heavy atom. The van der Waals surface area contributed by atoms with Gasteiger partial charge in [0.25, 0.3) is 5.91 Å². The van der Waals surface area contributed by atoms with E-state index in [1.54, 1.807) is 16.2 Å². The lowest BCUT2D eigenvalue weighted by Gasteiger charge is -2.09. The predicted molar refractivity (Wildman–Crippen MR) is 107 cm³/mol. The molecule has 0 fully saturated rings. The van der Waals surface area contributed by atoms with Gasteiger partial charge in [0.1, 0.15) is 5.69 Å². The molecule has 1 amide bonds. The minimum Gasteiger partial charge on any atom is -0.305 e. The molecule has 1 aromatic heterocycles. The first kappa shape index (κ1) is 19.5. The van der Waals surface area contributed by atoms with Crippen molar-refractivity contribution in [1.82, 2.24) is 25.4 Å². The molecule has 0 saturated heterocycles. The van der Waals surface area contributed by atoms with Crippen LogP contribution in [0.2, 0.25) is 0 Å². The molecule has 144 valence electrons. The highest BCUT2D eigenvalue weighted by atomic mass is 16.5. The van der Waals surface area contributed by atoms with Crippen LogP contribution in [-0.2, 0) is 17.9 Å². The molecule has 0 aliphatic carbocycles. The van der Waals surface area contributed by atoms with Crippen LogP contribution in [-0.4, -0.2) is 45.1 Å². The van der Waals surface area contributed by atoms with Crippen LogP contribution >= 0.6 is 0 Å². The number of hydrogen-bond acceptors (Lipinski definition) is 5. The van der Waals surface area contributed by atoms with Crippen molar-refractivity contribution in [3.05, 3.63) is 77.5 Å². The second-order valence-electron chi connectivity index (χ2n) is 6.79. The molecule has 1 heterocycles. The summed E-state index contributed by atoms with van der Waals surface area (Å²) >= 11 is 0. The molecule has 0 aliphatic rings. The van der Waals surface area contributed by atoms with Crippen LogP contribution in [0.3, 0.4) is 0 Å². The van der Waals surface area contributed by atoms with Gasteiger partial charge in [0.15, 0.2) is 0 Å². The number of carbonyl (C=O) groups is 1. The maximum absolute atomic E-state index is 11.1. The van der Waals surface area contributed by atoms with Crippen LogP contribution in [0, 0.1) is 0 Å². The van der Waals surface area contributed by atoms with Gasteiger partial charge in [0.2, 0.25) is 0 Å². The molecule has 0 unspecified atom stereocenters. The molecular weight excluding hydrogens is 354 g/mol. The zero-order valence-electron chi connectivity index (χ0n) is 15.9. The standard InChI is InChI=1S/C21H23N5O2/c1-25(2)13-17-6-9-19(10-7-17)20-15-26(24-22-20)14-18-5-3-4-16(12-18)8-11-21(27)23-28/h3-12,15,28H,13-14H2,1-2H3,(H,23,27). The summed E-state index contributed by atoms with van der Waals surface area (Å²) in [5.41, 5.74) is 6.57. The molecule has 2 aromatic carbocycles. The van der Waals surface area contributed by atoms with E-state index in [0.29, 0.717) is 6.54 Å². The van der Waals surface area contributed by atoms with Crippen molar-refractivity contribution >= 4 is 12.0 Å². The summed E-state index contributed by atoms with van der Waals surface area (Å²) in [6, 6.07) is 16.1. The number of amides is 1. The maximum Gasteiger partial charge on any atom is 0.267 e. The number of nitrogens with zero attached hydrogens (tertiary/aromatic N) is 4. The third kappa shape index (κ3) is 5.35. The minimum absolute atomic E-state index is 0.567. The number of hydroxylamine groups is 1. The van der Waals surface area contributed by atoms with E-state index >= 15 is 0 Å². The van der Waals surface area contributed by atoms with Gasteiger partial charge in [0.05, 0.1) is 12.7 Å². The lowest BCUT2D eigenvalue weighted by Crippen LogP contribution is -2.14. The fourth-order valence-electron chi connectivity index (χ4n) is 2.85. The Bertz CT molecular complexity index is 961. The van der Waals surface area contributed by atoms with Gasteiger partial charge in [-0.15, -0.1) is 5.10 Å². The first-order valence-electron chi connectivity index (χ1n) is 8.89. The smallest absolute Gasteiger partial charge is 0.267 e. The van der Waals surface area contributed by atoms with E-state index in [2.05, 4.69) is 39.5 Å². The molecular formula is C21H23N5O2. The molecule has 0 radical (unpaired) electrons. The van der Waals surface area contributed by atoms with Crippen molar-refractivity contribution < 1.29 is 10.0 Å². The number of aromatic nitrogens is 3. The Morgan fingerprint density at radius 3 is 2.68 bits per heavy atom.